The van der Waals surface area contributed by atoms with Crippen LogP contribution in [0.15, 0.2) is 23.1 Å². The van der Waals surface area contributed by atoms with E-state index in [1.807, 2.05) is 6.08 Å². The predicted octanol–water partition coefficient (Wildman–Crippen LogP) is 1.04. The second-order valence-corrected chi connectivity index (χ2v) is 2.48. The molecule has 12 heavy (non-hydrogen) atoms. The summed E-state index contributed by atoms with van der Waals surface area (Å²) >= 11 is 0. The maximum atomic E-state index is 11.4. The molecule has 0 saturated carbocycles. The van der Waals surface area contributed by atoms with Crippen LogP contribution in [0.25, 0.3) is 0 Å². The molecular weight excluding hydrogens is 154 g/mol. The fraction of sp³-hybridized carbons (Fsp3) is 0.444. The minimum atomic E-state index is -0.141. The number of likely N-dealkylation sites (N-methyl/N-ethyl adjacent to an activating group) is 1. The molecule has 3 heteroatoms. The SMILES string of the molecule is CON(C)C(=O)C1=C=C=CCC1. The second kappa shape index (κ2) is 3.93. The largest absolute Gasteiger partial charge is 0.281 e. The van der Waals surface area contributed by atoms with E-state index in [2.05, 4.69) is 11.5 Å². The first kappa shape index (κ1) is 8.82. The van der Waals surface area contributed by atoms with Crippen molar-refractivity contribution in [3.63, 3.8) is 0 Å². The molecule has 1 rings (SSSR count). The van der Waals surface area contributed by atoms with Crippen molar-refractivity contribution >= 4 is 5.91 Å². The number of hydrogen-bond acceptors (Lipinski definition) is 2. The highest BCUT2D eigenvalue weighted by atomic mass is 16.7. The van der Waals surface area contributed by atoms with Crippen LogP contribution < -0.4 is 0 Å². The second-order valence-electron chi connectivity index (χ2n) is 2.48. The highest BCUT2D eigenvalue weighted by Crippen LogP contribution is 2.10. The zero-order valence-corrected chi connectivity index (χ0v) is 7.26. The lowest BCUT2D eigenvalue weighted by molar-refractivity contribution is -0.164. The third-order valence-corrected chi connectivity index (χ3v) is 1.68. The lowest BCUT2D eigenvalue weighted by atomic mass is 10.1. The van der Waals surface area contributed by atoms with Crippen LogP contribution in [-0.4, -0.2) is 25.1 Å². The van der Waals surface area contributed by atoms with Gasteiger partial charge in [-0.3, -0.25) is 9.63 Å². The minimum absolute atomic E-state index is 0.141. The molecule has 1 amide bonds. The summed E-state index contributed by atoms with van der Waals surface area (Å²) in [6.45, 7) is 0. The molecule has 0 aromatic carbocycles. The molecule has 1 aliphatic rings. The van der Waals surface area contributed by atoms with E-state index in [4.69, 9.17) is 4.84 Å². The van der Waals surface area contributed by atoms with Gasteiger partial charge in [-0.05, 0) is 18.9 Å². The summed E-state index contributed by atoms with van der Waals surface area (Å²) < 4.78 is 0. The van der Waals surface area contributed by atoms with Crippen molar-refractivity contribution in [2.75, 3.05) is 14.2 Å². The van der Waals surface area contributed by atoms with Crippen LogP contribution in [0.2, 0.25) is 0 Å². The zero-order valence-electron chi connectivity index (χ0n) is 7.26. The van der Waals surface area contributed by atoms with E-state index in [0.29, 0.717) is 5.57 Å². The Kier molecular flexibility index (Phi) is 2.89. The van der Waals surface area contributed by atoms with Gasteiger partial charge in [-0.1, -0.05) is 11.5 Å². The number of carbonyl (C=O) groups excluding carboxylic acids is 1. The molecule has 0 fully saturated rings. The van der Waals surface area contributed by atoms with E-state index in [1.54, 1.807) is 7.05 Å². The fourth-order valence-corrected chi connectivity index (χ4v) is 0.923. The van der Waals surface area contributed by atoms with Crippen molar-refractivity contribution < 1.29 is 9.63 Å². The Morgan fingerprint density at radius 1 is 1.75 bits per heavy atom. The number of carbonyl (C=O) groups is 1. The van der Waals surface area contributed by atoms with Crippen LogP contribution in [0.3, 0.4) is 0 Å². The molecule has 0 radical (unpaired) electrons. The third kappa shape index (κ3) is 1.86. The Hall–Kier alpha value is -1.27. The highest BCUT2D eigenvalue weighted by molar-refractivity contribution is 5.92. The fourth-order valence-electron chi connectivity index (χ4n) is 0.923. The summed E-state index contributed by atoms with van der Waals surface area (Å²) in [4.78, 5) is 16.1. The lowest BCUT2D eigenvalue weighted by Crippen LogP contribution is -2.26. The number of nitrogens with zero attached hydrogens (tertiary/aromatic N) is 1. The van der Waals surface area contributed by atoms with E-state index >= 15 is 0 Å². The van der Waals surface area contributed by atoms with Gasteiger partial charge in [-0.25, -0.2) is 5.06 Å². The Labute approximate surface area is 71.6 Å². The number of rotatable bonds is 2. The molecule has 0 bridgehead atoms. The summed E-state index contributed by atoms with van der Waals surface area (Å²) in [6, 6.07) is 0. The predicted molar refractivity (Wildman–Crippen MR) is 44.1 cm³/mol. The summed E-state index contributed by atoms with van der Waals surface area (Å²) in [6.07, 6.45) is 3.44. The molecule has 0 spiro atoms. The molecule has 3 nitrogen and oxygen atoms in total. The van der Waals surface area contributed by atoms with Crippen molar-refractivity contribution in [2.45, 2.75) is 12.8 Å². The van der Waals surface area contributed by atoms with Crippen LogP contribution in [0.5, 0.6) is 0 Å². The van der Waals surface area contributed by atoms with Gasteiger partial charge in [0.1, 0.15) is 0 Å². The van der Waals surface area contributed by atoms with Crippen molar-refractivity contribution in [1.82, 2.24) is 5.06 Å². The van der Waals surface area contributed by atoms with Gasteiger partial charge in [0.2, 0.25) is 0 Å². The molecular formula is C9H11NO2. The number of hydrogen-bond donors (Lipinski definition) is 0. The monoisotopic (exact) mass is 165 g/mol. The van der Waals surface area contributed by atoms with E-state index in [1.165, 1.54) is 12.2 Å². The standard InChI is InChI=1S/C9H11NO2/c1-10(12-2)9(11)8-6-4-3-5-7-8/h3H,4,6H2,1-2H3. The number of hydroxylamine groups is 2. The van der Waals surface area contributed by atoms with Gasteiger partial charge in [0, 0.05) is 7.05 Å². The average Bonchev–Trinajstić information content (AvgIpc) is 2.17. The van der Waals surface area contributed by atoms with Crippen LogP contribution in [0.1, 0.15) is 12.8 Å². The van der Waals surface area contributed by atoms with Gasteiger partial charge in [0.25, 0.3) is 5.91 Å². The molecule has 0 aliphatic heterocycles. The summed E-state index contributed by atoms with van der Waals surface area (Å²) in [7, 11) is 3.04. The van der Waals surface area contributed by atoms with Gasteiger partial charge in [0.15, 0.2) is 0 Å². The first-order valence-corrected chi connectivity index (χ1v) is 3.77. The maximum absolute atomic E-state index is 11.4. The molecule has 0 unspecified atom stereocenters. The molecule has 0 atom stereocenters. The van der Waals surface area contributed by atoms with Gasteiger partial charge in [0.05, 0.1) is 12.7 Å². The Morgan fingerprint density at radius 3 is 3.00 bits per heavy atom. The molecule has 0 N–H and O–H groups in total. The number of allylic oxidation sites excluding steroid dienone is 1. The molecule has 64 valence electrons. The van der Waals surface area contributed by atoms with E-state index in [9.17, 15) is 4.79 Å². The molecule has 0 saturated heterocycles. The Bertz CT molecular complexity index is 281. The summed E-state index contributed by atoms with van der Waals surface area (Å²) in [5, 5.41) is 1.19. The zero-order chi connectivity index (χ0) is 8.97. The smallest absolute Gasteiger partial charge is 0.274 e. The van der Waals surface area contributed by atoms with Crippen molar-refractivity contribution in [2.24, 2.45) is 0 Å². The first-order valence-electron chi connectivity index (χ1n) is 3.77. The maximum Gasteiger partial charge on any atom is 0.281 e. The summed E-state index contributed by atoms with van der Waals surface area (Å²) in [5.74, 6) is -0.141. The van der Waals surface area contributed by atoms with Crippen molar-refractivity contribution in [1.29, 1.82) is 0 Å². The van der Waals surface area contributed by atoms with Crippen LogP contribution >= 0.6 is 0 Å². The molecule has 1 aliphatic carbocycles. The topological polar surface area (TPSA) is 29.5 Å². The normalized spacial score (nSPS) is 14.3. The van der Waals surface area contributed by atoms with Crippen molar-refractivity contribution in [3.05, 3.63) is 23.1 Å². The van der Waals surface area contributed by atoms with Gasteiger partial charge in [-0.15, -0.1) is 0 Å². The first-order chi connectivity index (χ1) is 5.75. The van der Waals surface area contributed by atoms with Gasteiger partial charge in [-0.2, -0.15) is 0 Å². The van der Waals surface area contributed by atoms with Crippen LogP contribution in [0.4, 0.5) is 0 Å². The van der Waals surface area contributed by atoms with E-state index in [0.717, 1.165) is 12.8 Å². The van der Waals surface area contributed by atoms with Crippen LogP contribution in [-0.2, 0) is 9.63 Å². The van der Waals surface area contributed by atoms with E-state index in [-0.39, 0.29) is 5.91 Å². The number of amides is 1. The van der Waals surface area contributed by atoms with Gasteiger partial charge < -0.3 is 0 Å². The Morgan fingerprint density at radius 2 is 2.50 bits per heavy atom. The quantitative estimate of drug-likeness (QED) is 0.452. The molecule has 0 heterocycles. The highest BCUT2D eigenvalue weighted by Gasteiger charge is 2.14. The van der Waals surface area contributed by atoms with Crippen molar-refractivity contribution in [3.8, 4) is 0 Å². The lowest BCUT2D eigenvalue weighted by Gasteiger charge is -2.14. The molecule has 0 aromatic rings. The Balaban J connectivity index is 2.78. The summed E-state index contributed by atoms with van der Waals surface area (Å²) in [5.41, 5.74) is 6.18. The van der Waals surface area contributed by atoms with E-state index < -0.39 is 0 Å². The third-order valence-electron chi connectivity index (χ3n) is 1.68. The van der Waals surface area contributed by atoms with Gasteiger partial charge >= 0.3 is 0 Å². The average molecular weight is 165 g/mol. The van der Waals surface area contributed by atoms with Crippen LogP contribution in [0, 0.1) is 0 Å². The minimum Gasteiger partial charge on any atom is -0.274 e. The molecule has 0 aromatic heterocycles.